The number of halogens is 2. The van der Waals surface area contributed by atoms with E-state index in [1.54, 1.807) is 0 Å². The lowest BCUT2D eigenvalue weighted by molar-refractivity contribution is 0.0285. The standard InChI is InChI=1S/C21H43N2O4PSi.C12H26O3Si.C9H18ClN2OP.C2H5I.2CH4O/c1-15(2)23(16(3)4)28(24-14-13-22-10)26-19-17(5)25-18(6)20(19)27-29(11,12)21(7,8)9;1-8-10(13)11(9(2)14-8)15-16(6,7)12(3,4)5;1-8(2)12(9(3)4)14(10)13-7-5-6-11;1-2-3;2*1-2/h15-20H,13-14H2,1-9,11-12H3;8-11,13H,1-7H3;8-9H,5,7H2,1-4H3;2H2,1H3;2*2H,1H3/t17-,18+,19-,20+,28?;8-,9+,10-,11+;;;;/m11..../s1/i5D;1D;;;2*2T. The fraction of sp³-hybridized carbons (Fsp3) is 0.957. The molecule has 20 heteroatoms. The van der Waals surface area contributed by atoms with Gasteiger partial charge in [0.25, 0.3) is 8.53 Å². The van der Waals surface area contributed by atoms with Gasteiger partial charge in [0.05, 0.1) is 49.6 Å². The zero-order chi connectivity index (χ0) is 56.0. The van der Waals surface area contributed by atoms with Crippen LogP contribution in [0.2, 0.25) is 36.3 Å². The molecule has 2 aliphatic heterocycles. The highest BCUT2D eigenvalue weighted by Gasteiger charge is 2.50. The Hall–Kier alpha value is 0.814. The van der Waals surface area contributed by atoms with Crippen molar-refractivity contribution in [1.82, 2.24) is 9.34 Å². The van der Waals surface area contributed by atoms with Crippen LogP contribution in [0.5, 0.6) is 0 Å². The molecule has 66 heavy (non-hydrogen) atoms. The average molecular weight is 1160 g/mol. The van der Waals surface area contributed by atoms with Crippen molar-refractivity contribution in [1.29, 1.82) is 8.12 Å². The highest BCUT2D eigenvalue weighted by atomic mass is 127. The summed E-state index contributed by atoms with van der Waals surface area (Å²) in [6.45, 7) is 53.2. The van der Waals surface area contributed by atoms with Crippen LogP contribution >= 0.6 is 50.0 Å². The molecule has 0 aromatic rings. The monoisotopic (exact) mass is 1150 g/mol. The van der Waals surface area contributed by atoms with Crippen molar-refractivity contribution in [3.63, 3.8) is 0 Å². The van der Waals surface area contributed by atoms with Gasteiger partial charge >= 0.3 is 0 Å². The van der Waals surface area contributed by atoms with Crippen molar-refractivity contribution in [2.45, 2.75) is 247 Å². The summed E-state index contributed by atoms with van der Waals surface area (Å²) >= 11 is 8.42. The molecule has 2 fully saturated rings. The normalized spacial score (nSPS) is 24.9. The smallest absolute Gasteiger partial charge is 0.259 e. The molecular weight excluding hydrogens is 1050 g/mol. The summed E-state index contributed by atoms with van der Waals surface area (Å²) in [5, 5.41) is 25.6. The largest absolute Gasteiger partial charge is 0.409 e. The lowest BCUT2D eigenvalue weighted by Gasteiger charge is -2.42. The predicted molar refractivity (Wildman–Crippen MR) is 293 cm³/mol. The first-order chi connectivity index (χ1) is 32.1. The highest BCUT2D eigenvalue weighted by Crippen LogP contribution is 2.51. The summed E-state index contributed by atoms with van der Waals surface area (Å²) in [7, 11) is -3.86. The highest BCUT2D eigenvalue weighted by molar-refractivity contribution is 14.1. The van der Waals surface area contributed by atoms with Crippen LogP contribution in [0.3, 0.4) is 0 Å². The zero-order valence-corrected chi connectivity index (χ0v) is 52.1. The summed E-state index contributed by atoms with van der Waals surface area (Å²) in [4.78, 5) is 3.41. The van der Waals surface area contributed by atoms with Gasteiger partial charge in [-0.05, 0) is 135 Å². The molecule has 2 unspecified atom stereocenters. The van der Waals surface area contributed by atoms with Crippen LogP contribution in [0.25, 0.3) is 4.85 Å². The van der Waals surface area contributed by atoms with Crippen LogP contribution in [-0.2, 0) is 31.9 Å². The summed E-state index contributed by atoms with van der Waals surface area (Å²) in [5.74, 6) is 0. The third-order valence-electron chi connectivity index (χ3n) is 11.1. The molecule has 0 amide bonds. The number of rotatable bonds is 18. The quantitative estimate of drug-likeness (QED) is 0.0297. The Bertz CT molecular complexity index is 1380. The van der Waals surface area contributed by atoms with E-state index < -0.39 is 45.0 Å². The molecule has 3 N–H and O–H groups in total. The number of ether oxygens (including phenoxy) is 2. The van der Waals surface area contributed by atoms with Crippen molar-refractivity contribution in [3.05, 3.63) is 11.4 Å². The van der Waals surface area contributed by atoms with Gasteiger partial charge in [-0.25, -0.2) is 15.9 Å². The number of aliphatic hydroxyl groups excluding tert-OH is 3. The fourth-order valence-corrected chi connectivity index (χ4v) is 12.7. The Kier molecular flexibility index (Phi) is 36.0. The second-order valence-electron chi connectivity index (χ2n) is 19.8. The van der Waals surface area contributed by atoms with Crippen LogP contribution in [-0.4, -0.2) is 156 Å². The van der Waals surface area contributed by atoms with Gasteiger partial charge in [0.1, 0.15) is 24.9 Å². The predicted octanol–water partition coefficient (Wildman–Crippen LogP) is 12.6. The molecule has 2 heterocycles. The van der Waals surface area contributed by atoms with E-state index >= 15 is 0 Å². The molecule has 2 saturated heterocycles. The molecule has 2 aliphatic rings. The van der Waals surface area contributed by atoms with E-state index in [0.29, 0.717) is 38.3 Å². The maximum Gasteiger partial charge on any atom is 0.259 e. The lowest BCUT2D eigenvalue weighted by atomic mass is 10.1. The molecular formula is C46H100ClIN4O10P2Si2. The van der Waals surface area contributed by atoms with E-state index in [4.69, 9.17) is 60.6 Å². The molecule has 0 aromatic carbocycles. The van der Waals surface area contributed by atoms with E-state index in [-0.39, 0.29) is 72.6 Å². The van der Waals surface area contributed by atoms with E-state index in [9.17, 15) is 5.11 Å². The molecule has 0 spiro atoms. The zero-order valence-electron chi connectivity index (χ0n) is 49.4. The SMILES string of the molecule is CC(C)N(C(C)C)P(Cl)OCCC#N.CCI.[2H]C[C@H]1O[C@@H](C)[C@H](O[Si](C)(C)C(C)(C)C)[C@@H]1O.[2H]C[C@H]1O[C@@H](C)[C@H](O[Si](C)(C)C(C)(C)C)[C@@H]1OP(OCC[N+]#[C-])N(C(C)C)C(C)C.[3H]OC.[3H]OC. The number of nitrogens with zero attached hydrogens (tertiary/aromatic N) is 4. The topological polar surface area (TPSA) is 160 Å². The number of hydrogen-bond acceptors (Lipinski definition) is 13. The van der Waals surface area contributed by atoms with E-state index in [2.05, 4.69) is 177 Å². The molecule has 0 radical (unpaired) electrons. The molecule has 2 rings (SSSR count). The first-order valence-corrected chi connectivity index (χ1v) is 33.6. The minimum Gasteiger partial charge on any atom is -0.409 e. The molecule has 0 aliphatic carbocycles. The van der Waals surface area contributed by atoms with Crippen molar-refractivity contribution in [2.75, 3.05) is 38.4 Å². The maximum atomic E-state index is 10.1. The molecule has 10 atom stereocenters. The summed E-state index contributed by atoms with van der Waals surface area (Å²) in [6, 6.07) is 3.19. The molecule has 0 aromatic heterocycles. The number of nitriles is 1. The van der Waals surface area contributed by atoms with E-state index in [1.165, 1.54) is 18.6 Å². The van der Waals surface area contributed by atoms with E-state index in [1.807, 2.05) is 19.9 Å². The molecule has 396 valence electrons. The first kappa shape index (κ1) is 64.8. The van der Waals surface area contributed by atoms with Gasteiger partial charge in [-0.3, -0.25) is 0 Å². The Morgan fingerprint density at radius 2 is 1.20 bits per heavy atom. The van der Waals surface area contributed by atoms with Crippen molar-refractivity contribution >= 4 is 66.6 Å². The van der Waals surface area contributed by atoms with Crippen molar-refractivity contribution in [3.8, 4) is 6.07 Å². The van der Waals surface area contributed by atoms with Gasteiger partial charge in [-0.15, -0.1) is 0 Å². The van der Waals surface area contributed by atoms with Crippen LogP contribution in [0, 0.1) is 17.9 Å². The van der Waals surface area contributed by atoms with Crippen molar-refractivity contribution in [2.24, 2.45) is 0 Å². The molecule has 14 nitrogen and oxygen atoms in total. The van der Waals surface area contributed by atoms with Crippen LogP contribution < -0.4 is 0 Å². The summed E-state index contributed by atoms with van der Waals surface area (Å²) in [6.07, 6.45) is -2.20. The van der Waals surface area contributed by atoms with Gasteiger partial charge in [0, 0.05) is 41.1 Å². The Morgan fingerprint density at radius 1 is 0.803 bits per heavy atom. The minimum atomic E-state index is -2.06. The fourth-order valence-electron chi connectivity index (χ4n) is 5.91. The Morgan fingerprint density at radius 3 is 1.55 bits per heavy atom. The Balaban J connectivity index is -0.000000460. The Labute approximate surface area is 434 Å². The lowest BCUT2D eigenvalue weighted by Crippen LogP contribution is -2.49. The minimum absolute atomic E-state index is 0.0646. The second-order valence-corrected chi connectivity index (χ2v) is 34.3. The average Bonchev–Trinajstić information content (AvgIpc) is 3.65. The molecule has 0 bridgehead atoms. The third kappa shape index (κ3) is 27.0. The maximum absolute atomic E-state index is 10.1. The molecule has 0 saturated carbocycles. The van der Waals surface area contributed by atoms with Gasteiger partial charge < -0.3 is 52.1 Å². The number of hydrogen-bond donors (Lipinski definition) is 3. The van der Waals surface area contributed by atoms with Crippen molar-refractivity contribution < 1.29 is 50.0 Å². The first-order valence-electron chi connectivity index (χ1n) is 25.3. The van der Waals surface area contributed by atoms with Crippen LogP contribution in [0.15, 0.2) is 0 Å². The number of aliphatic hydroxyl groups is 3. The number of alkyl halides is 1. The van der Waals surface area contributed by atoms with Gasteiger partial charge in [-0.1, -0.05) is 71.1 Å². The van der Waals surface area contributed by atoms with Gasteiger partial charge in [0.15, 0.2) is 16.6 Å². The van der Waals surface area contributed by atoms with Gasteiger partial charge in [-0.2, -0.15) is 5.26 Å². The second kappa shape index (κ2) is 36.7. The third-order valence-corrected chi connectivity index (χ3v) is 24.7. The van der Waals surface area contributed by atoms with E-state index in [0.717, 1.165) is 0 Å². The summed E-state index contributed by atoms with van der Waals surface area (Å²) < 4.78 is 75.0. The van der Waals surface area contributed by atoms with Crippen LogP contribution in [0.4, 0.5) is 0 Å². The van der Waals surface area contributed by atoms with Gasteiger partial charge in [0.2, 0.25) is 17.1 Å². The van der Waals surface area contributed by atoms with Crippen LogP contribution in [0.1, 0.15) is 141 Å². The summed E-state index contributed by atoms with van der Waals surface area (Å²) in [5.41, 5.74) is 0.